The van der Waals surface area contributed by atoms with E-state index in [-0.39, 0.29) is 11.5 Å². The van der Waals surface area contributed by atoms with Crippen molar-refractivity contribution in [2.24, 2.45) is 5.41 Å². The Labute approximate surface area is 120 Å². The molecule has 0 spiro atoms. The van der Waals surface area contributed by atoms with Gasteiger partial charge in [-0.3, -0.25) is 0 Å². The Balaban J connectivity index is 2.16. The van der Waals surface area contributed by atoms with Crippen molar-refractivity contribution in [2.45, 2.75) is 32.4 Å². The van der Waals surface area contributed by atoms with Gasteiger partial charge in [0.15, 0.2) is 0 Å². The second kappa shape index (κ2) is 5.40. The molecule has 0 aliphatic heterocycles. The summed E-state index contributed by atoms with van der Waals surface area (Å²) in [4.78, 5) is 14.9. The molecule has 7 nitrogen and oxygen atoms in total. The van der Waals surface area contributed by atoms with Crippen molar-refractivity contribution in [3.63, 3.8) is 0 Å². The molecule has 112 valence electrons. The summed E-state index contributed by atoms with van der Waals surface area (Å²) in [7, 11) is 7.38. The van der Waals surface area contributed by atoms with Crippen LogP contribution < -0.4 is 15.5 Å². The molecule has 7 heteroatoms. The standard InChI is InChI=1S/C13H24N6O/c1-13(2)8(7-9(13)20-6)15-11-16-10(14-3)17-12(18-11)19(4)5/h8-9H,7H2,1-6H3,(H2,14,15,16,17,18). The number of hydrogen-bond acceptors (Lipinski definition) is 7. The summed E-state index contributed by atoms with van der Waals surface area (Å²) < 4.78 is 5.46. The van der Waals surface area contributed by atoms with E-state index in [4.69, 9.17) is 4.74 Å². The van der Waals surface area contributed by atoms with E-state index in [9.17, 15) is 0 Å². The number of aromatic nitrogens is 3. The molecule has 2 atom stereocenters. The molecular weight excluding hydrogens is 256 g/mol. The quantitative estimate of drug-likeness (QED) is 0.839. The minimum atomic E-state index is 0.0689. The topological polar surface area (TPSA) is 75.2 Å². The molecular formula is C13H24N6O. The molecule has 0 amide bonds. The molecule has 0 saturated heterocycles. The van der Waals surface area contributed by atoms with Crippen molar-refractivity contribution in [1.82, 2.24) is 15.0 Å². The molecule has 1 aliphatic carbocycles. The normalized spacial score (nSPS) is 23.9. The second-order valence-electron chi connectivity index (χ2n) is 5.91. The zero-order valence-corrected chi connectivity index (χ0v) is 13.1. The average molecular weight is 280 g/mol. The maximum Gasteiger partial charge on any atom is 0.231 e. The third-order valence-corrected chi connectivity index (χ3v) is 4.01. The van der Waals surface area contributed by atoms with Gasteiger partial charge >= 0.3 is 0 Å². The molecule has 1 aliphatic rings. The molecule has 0 aromatic carbocycles. The average Bonchev–Trinajstić information content (AvgIpc) is 2.42. The van der Waals surface area contributed by atoms with Crippen LogP contribution in [-0.2, 0) is 4.74 Å². The molecule has 0 radical (unpaired) electrons. The predicted molar refractivity (Wildman–Crippen MR) is 80.3 cm³/mol. The Morgan fingerprint density at radius 2 is 1.85 bits per heavy atom. The smallest absolute Gasteiger partial charge is 0.231 e. The van der Waals surface area contributed by atoms with E-state index >= 15 is 0 Å². The van der Waals surface area contributed by atoms with Gasteiger partial charge in [-0.05, 0) is 6.42 Å². The highest BCUT2D eigenvalue weighted by molar-refractivity contribution is 5.43. The Hall–Kier alpha value is -1.63. The van der Waals surface area contributed by atoms with E-state index in [0.29, 0.717) is 23.9 Å². The first-order chi connectivity index (χ1) is 9.38. The van der Waals surface area contributed by atoms with E-state index in [1.165, 1.54) is 0 Å². The van der Waals surface area contributed by atoms with Gasteiger partial charge in [-0.1, -0.05) is 13.8 Å². The Kier molecular flexibility index (Phi) is 3.99. The van der Waals surface area contributed by atoms with Crippen LogP contribution in [0.5, 0.6) is 0 Å². The minimum absolute atomic E-state index is 0.0689. The molecule has 1 aromatic heterocycles. The number of rotatable bonds is 5. The monoisotopic (exact) mass is 280 g/mol. The van der Waals surface area contributed by atoms with E-state index in [1.54, 1.807) is 14.2 Å². The Bertz CT molecular complexity index is 476. The number of ether oxygens (including phenoxy) is 1. The zero-order valence-electron chi connectivity index (χ0n) is 13.1. The molecule has 1 saturated carbocycles. The van der Waals surface area contributed by atoms with Crippen LogP contribution in [-0.4, -0.2) is 55.4 Å². The Morgan fingerprint density at radius 1 is 1.20 bits per heavy atom. The van der Waals surface area contributed by atoms with Gasteiger partial charge in [0.2, 0.25) is 17.8 Å². The van der Waals surface area contributed by atoms with Gasteiger partial charge in [0.25, 0.3) is 0 Å². The largest absolute Gasteiger partial charge is 0.381 e. The van der Waals surface area contributed by atoms with Crippen LogP contribution in [0.3, 0.4) is 0 Å². The van der Waals surface area contributed by atoms with E-state index < -0.39 is 0 Å². The summed E-state index contributed by atoms with van der Waals surface area (Å²) in [6, 6.07) is 0.301. The van der Waals surface area contributed by atoms with E-state index in [0.717, 1.165) is 6.42 Å². The van der Waals surface area contributed by atoms with E-state index in [1.807, 2.05) is 19.0 Å². The van der Waals surface area contributed by atoms with Crippen molar-refractivity contribution in [1.29, 1.82) is 0 Å². The van der Waals surface area contributed by atoms with Crippen LogP contribution in [0.2, 0.25) is 0 Å². The molecule has 2 unspecified atom stereocenters. The summed E-state index contributed by atoms with van der Waals surface area (Å²) in [5.41, 5.74) is 0.0689. The first-order valence-corrected chi connectivity index (χ1v) is 6.79. The van der Waals surface area contributed by atoms with Crippen LogP contribution in [0.1, 0.15) is 20.3 Å². The highest BCUT2D eigenvalue weighted by atomic mass is 16.5. The summed E-state index contributed by atoms with van der Waals surface area (Å²) >= 11 is 0. The lowest BCUT2D eigenvalue weighted by molar-refractivity contribution is -0.0796. The van der Waals surface area contributed by atoms with Gasteiger partial charge in [-0.15, -0.1) is 0 Å². The molecule has 1 aromatic rings. The molecule has 20 heavy (non-hydrogen) atoms. The van der Waals surface area contributed by atoms with Gasteiger partial charge in [0.1, 0.15) is 0 Å². The van der Waals surface area contributed by atoms with Gasteiger partial charge in [0.05, 0.1) is 6.10 Å². The van der Waals surface area contributed by atoms with Crippen LogP contribution in [0.15, 0.2) is 0 Å². The van der Waals surface area contributed by atoms with Crippen LogP contribution in [0.4, 0.5) is 17.8 Å². The highest BCUT2D eigenvalue weighted by Crippen LogP contribution is 2.43. The zero-order chi connectivity index (χ0) is 14.9. The van der Waals surface area contributed by atoms with Gasteiger partial charge < -0.3 is 20.3 Å². The lowest BCUT2D eigenvalue weighted by atomic mass is 9.64. The minimum Gasteiger partial charge on any atom is -0.381 e. The van der Waals surface area contributed by atoms with Gasteiger partial charge in [-0.2, -0.15) is 15.0 Å². The van der Waals surface area contributed by atoms with Crippen molar-refractivity contribution in [3.05, 3.63) is 0 Å². The fourth-order valence-corrected chi connectivity index (χ4v) is 2.43. The number of nitrogens with one attached hydrogen (secondary N) is 2. The van der Waals surface area contributed by atoms with Crippen molar-refractivity contribution in [2.75, 3.05) is 43.8 Å². The predicted octanol–water partition coefficient (Wildman–Crippen LogP) is 1.20. The van der Waals surface area contributed by atoms with Gasteiger partial charge in [-0.25, -0.2) is 0 Å². The third kappa shape index (κ3) is 2.63. The fraction of sp³-hybridized carbons (Fsp3) is 0.769. The number of anilines is 3. The third-order valence-electron chi connectivity index (χ3n) is 4.01. The lowest BCUT2D eigenvalue weighted by Gasteiger charge is -2.51. The van der Waals surface area contributed by atoms with Crippen LogP contribution >= 0.6 is 0 Å². The van der Waals surface area contributed by atoms with Crippen LogP contribution in [0.25, 0.3) is 0 Å². The second-order valence-corrected chi connectivity index (χ2v) is 5.91. The number of methoxy groups -OCH3 is 1. The molecule has 1 fully saturated rings. The first-order valence-electron chi connectivity index (χ1n) is 6.79. The highest BCUT2D eigenvalue weighted by Gasteiger charge is 2.48. The number of nitrogens with zero attached hydrogens (tertiary/aromatic N) is 4. The summed E-state index contributed by atoms with van der Waals surface area (Å²) in [5.74, 6) is 1.79. The summed E-state index contributed by atoms with van der Waals surface area (Å²) in [5, 5.41) is 6.35. The molecule has 2 N–H and O–H groups in total. The fourth-order valence-electron chi connectivity index (χ4n) is 2.43. The molecule has 1 heterocycles. The first kappa shape index (κ1) is 14.8. The van der Waals surface area contributed by atoms with Crippen molar-refractivity contribution in [3.8, 4) is 0 Å². The maximum atomic E-state index is 5.46. The maximum absolute atomic E-state index is 5.46. The van der Waals surface area contributed by atoms with Crippen molar-refractivity contribution < 1.29 is 4.74 Å². The summed E-state index contributed by atoms with van der Waals surface area (Å²) in [6.45, 7) is 4.38. The van der Waals surface area contributed by atoms with Crippen molar-refractivity contribution >= 4 is 17.8 Å². The number of hydrogen-bond donors (Lipinski definition) is 2. The van der Waals surface area contributed by atoms with Crippen LogP contribution in [0, 0.1) is 5.41 Å². The van der Waals surface area contributed by atoms with E-state index in [2.05, 4.69) is 39.4 Å². The lowest BCUT2D eigenvalue weighted by Crippen LogP contribution is -2.57. The van der Waals surface area contributed by atoms with Gasteiger partial charge in [0, 0.05) is 39.7 Å². The summed E-state index contributed by atoms with van der Waals surface area (Å²) in [6.07, 6.45) is 1.24. The molecule has 2 rings (SSSR count). The SMILES string of the molecule is CNc1nc(NC2CC(OC)C2(C)C)nc(N(C)C)n1. The Morgan fingerprint density at radius 3 is 2.35 bits per heavy atom. The molecule has 0 bridgehead atoms.